The third kappa shape index (κ3) is 4.05. The van der Waals surface area contributed by atoms with Crippen molar-refractivity contribution in [3.63, 3.8) is 0 Å². The van der Waals surface area contributed by atoms with Gasteiger partial charge in [0.25, 0.3) is 0 Å². The first kappa shape index (κ1) is 12.4. The minimum atomic E-state index is 0.0547. The highest BCUT2D eigenvalue weighted by molar-refractivity contribution is 7.99. The van der Waals surface area contributed by atoms with Crippen LogP contribution in [0.5, 0.6) is 0 Å². The van der Waals surface area contributed by atoms with Crippen LogP contribution < -0.4 is 10.6 Å². The Bertz CT molecular complexity index is 375. The molecule has 0 radical (unpaired) electrons. The fraction of sp³-hybridized carbons (Fsp3) is 0.636. The number of rotatable bonds is 4. The molecule has 5 nitrogen and oxygen atoms in total. The highest BCUT2D eigenvalue weighted by Gasteiger charge is 2.16. The van der Waals surface area contributed by atoms with E-state index < -0.39 is 0 Å². The van der Waals surface area contributed by atoms with Crippen molar-refractivity contribution in [1.82, 2.24) is 15.8 Å². The number of carbonyl (C=O) groups is 1. The van der Waals surface area contributed by atoms with E-state index in [1.165, 1.54) is 0 Å². The molecule has 1 atom stereocenters. The Kier molecular flexibility index (Phi) is 4.44. The van der Waals surface area contributed by atoms with Crippen molar-refractivity contribution in [2.45, 2.75) is 25.9 Å². The molecule has 1 unspecified atom stereocenters. The molecular formula is C11H17N3O2S. The quantitative estimate of drug-likeness (QED) is 0.829. The summed E-state index contributed by atoms with van der Waals surface area (Å²) in [5.74, 6) is 2.89. The van der Waals surface area contributed by atoms with Gasteiger partial charge in [-0.25, -0.2) is 0 Å². The number of aryl methyl sites for hydroxylation is 1. The molecule has 17 heavy (non-hydrogen) atoms. The zero-order valence-electron chi connectivity index (χ0n) is 9.86. The third-order valence-electron chi connectivity index (χ3n) is 2.57. The van der Waals surface area contributed by atoms with Gasteiger partial charge >= 0.3 is 0 Å². The summed E-state index contributed by atoms with van der Waals surface area (Å²) < 4.78 is 5.02. The molecule has 1 aromatic heterocycles. The smallest absolute Gasteiger partial charge is 0.221 e. The third-order valence-corrected chi connectivity index (χ3v) is 3.70. The number of aromatic nitrogens is 1. The zero-order chi connectivity index (χ0) is 12.1. The predicted molar refractivity (Wildman–Crippen MR) is 66.8 cm³/mol. The molecule has 2 N–H and O–H groups in total. The van der Waals surface area contributed by atoms with E-state index in [0.717, 1.165) is 23.7 Å². The molecule has 1 aliphatic rings. The van der Waals surface area contributed by atoms with E-state index in [0.29, 0.717) is 24.8 Å². The second-order valence-electron chi connectivity index (χ2n) is 4.14. The van der Waals surface area contributed by atoms with Gasteiger partial charge in [0.05, 0.1) is 12.2 Å². The molecule has 2 rings (SSSR count). The van der Waals surface area contributed by atoms with Crippen molar-refractivity contribution in [2.75, 3.05) is 18.1 Å². The van der Waals surface area contributed by atoms with Gasteiger partial charge in [-0.1, -0.05) is 5.16 Å². The zero-order valence-corrected chi connectivity index (χ0v) is 10.7. The predicted octanol–water partition coefficient (Wildman–Crippen LogP) is 0.694. The lowest BCUT2D eigenvalue weighted by molar-refractivity contribution is -0.121. The first-order valence-electron chi connectivity index (χ1n) is 5.74. The normalized spacial score (nSPS) is 20.2. The van der Waals surface area contributed by atoms with Crippen molar-refractivity contribution >= 4 is 17.7 Å². The molecule has 2 heterocycles. The topological polar surface area (TPSA) is 67.2 Å². The first-order chi connectivity index (χ1) is 8.24. The van der Waals surface area contributed by atoms with E-state index in [1.54, 1.807) is 0 Å². The summed E-state index contributed by atoms with van der Waals surface area (Å²) in [6, 6.07) is 2.12. The maximum atomic E-state index is 11.7. The summed E-state index contributed by atoms with van der Waals surface area (Å²) in [6.07, 6.45) is 0.528. The van der Waals surface area contributed by atoms with Crippen LogP contribution in [0.15, 0.2) is 10.6 Å². The summed E-state index contributed by atoms with van der Waals surface area (Å²) in [6.45, 7) is 3.27. The largest absolute Gasteiger partial charge is 0.359 e. The van der Waals surface area contributed by atoms with E-state index in [4.69, 9.17) is 4.52 Å². The fourth-order valence-corrected chi connectivity index (χ4v) is 2.68. The highest BCUT2D eigenvalue weighted by atomic mass is 32.2. The molecule has 1 fully saturated rings. The molecule has 0 saturated carbocycles. The Hall–Kier alpha value is -1.01. The Morgan fingerprint density at radius 3 is 3.29 bits per heavy atom. The van der Waals surface area contributed by atoms with Crippen LogP contribution in [-0.2, 0) is 11.3 Å². The fourth-order valence-electron chi connectivity index (χ4n) is 1.73. The highest BCUT2D eigenvalue weighted by Crippen LogP contribution is 2.10. The number of nitrogens with one attached hydrogen (secondary N) is 2. The first-order valence-corrected chi connectivity index (χ1v) is 6.89. The summed E-state index contributed by atoms with van der Waals surface area (Å²) in [7, 11) is 0. The van der Waals surface area contributed by atoms with Crippen molar-refractivity contribution in [2.24, 2.45) is 0 Å². The van der Waals surface area contributed by atoms with Gasteiger partial charge in [-0.05, 0) is 6.92 Å². The number of carbonyl (C=O) groups excluding carboxylic acids is 1. The lowest BCUT2D eigenvalue weighted by Crippen LogP contribution is -2.41. The second-order valence-corrected chi connectivity index (χ2v) is 5.29. The van der Waals surface area contributed by atoms with Gasteiger partial charge in [-0.15, -0.1) is 0 Å². The van der Waals surface area contributed by atoms with Crippen molar-refractivity contribution in [3.8, 4) is 0 Å². The van der Waals surface area contributed by atoms with Gasteiger partial charge in [0.2, 0.25) is 5.91 Å². The Morgan fingerprint density at radius 1 is 1.76 bits per heavy atom. The standard InChI is InChI=1S/C11H17N3O2S/c1-8-4-10(16-14-8)6-13-11(15)5-9-7-17-3-2-12-9/h4,9,12H,2-3,5-7H2,1H3,(H,13,15). The number of thioether (sulfide) groups is 1. The van der Waals surface area contributed by atoms with Crippen LogP contribution in [-0.4, -0.2) is 35.2 Å². The second kappa shape index (κ2) is 6.07. The lowest BCUT2D eigenvalue weighted by Gasteiger charge is -2.22. The molecule has 0 aliphatic carbocycles. The van der Waals surface area contributed by atoms with Crippen LogP contribution in [0.2, 0.25) is 0 Å². The minimum Gasteiger partial charge on any atom is -0.359 e. The lowest BCUT2D eigenvalue weighted by atomic mass is 10.2. The summed E-state index contributed by atoms with van der Waals surface area (Å²) >= 11 is 1.89. The monoisotopic (exact) mass is 255 g/mol. The summed E-state index contributed by atoms with van der Waals surface area (Å²) in [5.41, 5.74) is 0.833. The molecule has 6 heteroatoms. The maximum absolute atomic E-state index is 11.7. The van der Waals surface area contributed by atoms with E-state index >= 15 is 0 Å². The SMILES string of the molecule is Cc1cc(CNC(=O)CC2CSCCN2)on1. The van der Waals surface area contributed by atoms with Crippen LogP contribution in [0, 0.1) is 6.92 Å². The number of nitrogens with zero attached hydrogens (tertiary/aromatic N) is 1. The molecule has 0 aromatic carbocycles. The number of hydrogen-bond acceptors (Lipinski definition) is 5. The van der Waals surface area contributed by atoms with Crippen LogP contribution in [0.4, 0.5) is 0 Å². The van der Waals surface area contributed by atoms with Gasteiger partial charge in [-0.3, -0.25) is 4.79 Å². The molecule has 0 bridgehead atoms. The van der Waals surface area contributed by atoms with E-state index in [2.05, 4.69) is 15.8 Å². The number of hydrogen-bond donors (Lipinski definition) is 2. The Labute approximate surface area is 105 Å². The molecule has 1 amide bonds. The van der Waals surface area contributed by atoms with E-state index in [-0.39, 0.29) is 5.91 Å². The summed E-state index contributed by atoms with van der Waals surface area (Å²) in [4.78, 5) is 11.7. The molecule has 0 spiro atoms. The maximum Gasteiger partial charge on any atom is 0.221 e. The van der Waals surface area contributed by atoms with Gasteiger partial charge < -0.3 is 15.2 Å². The van der Waals surface area contributed by atoms with Crippen molar-refractivity contribution in [1.29, 1.82) is 0 Å². The molecule has 94 valence electrons. The van der Waals surface area contributed by atoms with Gasteiger partial charge in [0, 0.05) is 36.6 Å². The van der Waals surface area contributed by atoms with Gasteiger partial charge in [-0.2, -0.15) is 11.8 Å². The van der Waals surface area contributed by atoms with Crippen LogP contribution in [0.1, 0.15) is 17.9 Å². The number of amides is 1. The van der Waals surface area contributed by atoms with E-state index in [1.807, 2.05) is 24.8 Å². The van der Waals surface area contributed by atoms with Crippen LogP contribution in [0.3, 0.4) is 0 Å². The van der Waals surface area contributed by atoms with Crippen molar-refractivity contribution < 1.29 is 9.32 Å². The Morgan fingerprint density at radius 2 is 2.65 bits per heavy atom. The van der Waals surface area contributed by atoms with Crippen LogP contribution >= 0.6 is 11.8 Å². The Balaban J connectivity index is 1.70. The summed E-state index contributed by atoms with van der Waals surface area (Å²) in [5, 5.41) is 9.94. The van der Waals surface area contributed by atoms with Crippen LogP contribution in [0.25, 0.3) is 0 Å². The van der Waals surface area contributed by atoms with Gasteiger partial charge in [0.1, 0.15) is 0 Å². The molecule has 1 saturated heterocycles. The molecule has 1 aromatic rings. The van der Waals surface area contributed by atoms with E-state index in [9.17, 15) is 4.79 Å². The van der Waals surface area contributed by atoms with Gasteiger partial charge in [0.15, 0.2) is 5.76 Å². The average molecular weight is 255 g/mol. The minimum absolute atomic E-state index is 0.0547. The van der Waals surface area contributed by atoms with Crippen molar-refractivity contribution in [3.05, 3.63) is 17.5 Å². The average Bonchev–Trinajstić information content (AvgIpc) is 2.74. The molecule has 1 aliphatic heterocycles. The molecular weight excluding hydrogens is 238 g/mol.